The third-order valence-electron chi connectivity index (χ3n) is 3.66. The minimum atomic E-state index is -3.48. The molecule has 1 aromatic rings. The van der Waals surface area contributed by atoms with E-state index in [1.165, 1.54) is 31.9 Å². The highest BCUT2D eigenvalue weighted by atomic mass is 32.2. The fourth-order valence-corrected chi connectivity index (χ4v) is 3.91. The van der Waals surface area contributed by atoms with E-state index in [1.807, 2.05) is 0 Å². The molecule has 2 N–H and O–H groups in total. The zero-order valence-electron chi connectivity index (χ0n) is 12.3. The van der Waals surface area contributed by atoms with E-state index < -0.39 is 10.0 Å². The average Bonchev–Trinajstić information content (AvgIpc) is 2.67. The van der Waals surface area contributed by atoms with Gasteiger partial charge in [-0.1, -0.05) is 25.7 Å². The van der Waals surface area contributed by atoms with Crippen LogP contribution in [0.3, 0.4) is 0 Å². The number of hydrogen-bond donors (Lipinski definition) is 2. The molecule has 5 nitrogen and oxygen atoms in total. The third kappa shape index (κ3) is 4.82. The Morgan fingerprint density at radius 2 is 1.62 bits per heavy atom. The Hall–Kier alpha value is -1.40. The van der Waals surface area contributed by atoms with Crippen LogP contribution in [0, 0.1) is 0 Å². The van der Waals surface area contributed by atoms with Gasteiger partial charge in [0.25, 0.3) is 0 Å². The lowest BCUT2D eigenvalue weighted by molar-refractivity contribution is -0.114. The maximum atomic E-state index is 12.3. The van der Waals surface area contributed by atoms with Crippen molar-refractivity contribution in [1.29, 1.82) is 0 Å². The molecule has 0 heterocycles. The number of benzene rings is 1. The van der Waals surface area contributed by atoms with Crippen molar-refractivity contribution in [1.82, 2.24) is 4.72 Å². The maximum Gasteiger partial charge on any atom is 0.240 e. The summed E-state index contributed by atoms with van der Waals surface area (Å²) in [7, 11) is -3.48. The summed E-state index contributed by atoms with van der Waals surface area (Å²) in [6.45, 7) is 1.41. The predicted molar refractivity (Wildman–Crippen MR) is 82.6 cm³/mol. The second-order valence-corrected chi connectivity index (χ2v) is 7.23. The van der Waals surface area contributed by atoms with Gasteiger partial charge in [0.1, 0.15) is 0 Å². The molecule has 6 heteroatoms. The fraction of sp³-hybridized carbons (Fsp3) is 0.533. The van der Waals surface area contributed by atoms with Gasteiger partial charge in [-0.2, -0.15) is 0 Å². The fourth-order valence-electron chi connectivity index (χ4n) is 2.61. The van der Waals surface area contributed by atoms with Crippen LogP contribution in [-0.2, 0) is 14.8 Å². The molecule has 1 fully saturated rings. The van der Waals surface area contributed by atoms with E-state index in [2.05, 4.69) is 10.0 Å². The topological polar surface area (TPSA) is 75.3 Å². The highest BCUT2D eigenvalue weighted by molar-refractivity contribution is 7.89. The number of hydrogen-bond acceptors (Lipinski definition) is 3. The lowest BCUT2D eigenvalue weighted by Gasteiger charge is -2.16. The van der Waals surface area contributed by atoms with Gasteiger partial charge in [0.15, 0.2) is 0 Å². The van der Waals surface area contributed by atoms with E-state index in [-0.39, 0.29) is 16.8 Å². The van der Waals surface area contributed by atoms with E-state index in [0.717, 1.165) is 25.7 Å². The SMILES string of the molecule is CC(=O)Nc1ccc(S(=O)(=O)NC2CCCCCC2)cc1. The zero-order chi connectivity index (χ0) is 15.3. The average molecular weight is 310 g/mol. The van der Waals surface area contributed by atoms with E-state index in [1.54, 1.807) is 12.1 Å². The number of amides is 1. The van der Waals surface area contributed by atoms with Crippen molar-refractivity contribution in [3.05, 3.63) is 24.3 Å². The second-order valence-electron chi connectivity index (χ2n) is 5.52. The molecule has 1 aromatic carbocycles. The first-order chi connectivity index (χ1) is 9.97. The summed E-state index contributed by atoms with van der Waals surface area (Å²) in [6, 6.07) is 6.27. The molecule has 0 aromatic heterocycles. The number of sulfonamides is 1. The van der Waals surface area contributed by atoms with Crippen LogP contribution in [-0.4, -0.2) is 20.4 Å². The Morgan fingerprint density at radius 3 is 2.14 bits per heavy atom. The van der Waals surface area contributed by atoms with Crippen molar-refractivity contribution in [2.24, 2.45) is 0 Å². The molecule has 0 radical (unpaired) electrons. The summed E-state index contributed by atoms with van der Waals surface area (Å²) >= 11 is 0. The highest BCUT2D eigenvalue weighted by Gasteiger charge is 2.20. The van der Waals surface area contributed by atoms with Crippen LogP contribution in [0.1, 0.15) is 45.4 Å². The van der Waals surface area contributed by atoms with Crippen LogP contribution in [0.15, 0.2) is 29.2 Å². The van der Waals surface area contributed by atoms with E-state index in [4.69, 9.17) is 0 Å². The van der Waals surface area contributed by atoms with Crippen LogP contribution < -0.4 is 10.0 Å². The molecule has 1 amide bonds. The summed E-state index contributed by atoms with van der Waals surface area (Å²) in [4.78, 5) is 11.2. The molecule has 0 bridgehead atoms. The summed E-state index contributed by atoms with van der Waals surface area (Å²) in [5.41, 5.74) is 0.593. The minimum Gasteiger partial charge on any atom is -0.326 e. The van der Waals surface area contributed by atoms with Gasteiger partial charge in [-0.25, -0.2) is 13.1 Å². The molecule has 116 valence electrons. The van der Waals surface area contributed by atoms with Gasteiger partial charge in [-0.15, -0.1) is 0 Å². The molecular formula is C15H22N2O3S. The smallest absolute Gasteiger partial charge is 0.240 e. The lowest BCUT2D eigenvalue weighted by atomic mass is 10.1. The van der Waals surface area contributed by atoms with Gasteiger partial charge in [-0.05, 0) is 37.1 Å². The molecule has 1 aliphatic carbocycles. The standard InChI is InChI=1S/C15H22N2O3S/c1-12(18)16-13-8-10-15(11-9-13)21(19,20)17-14-6-4-2-3-5-7-14/h8-11,14,17H,2-7H2,1H3,(H,16,18). The van der Waals surface area contributed by atoms with Gasteiger partial charge in [0.2, 0.25) is 15.9 Å². The molecule has 2 rings (SSSR count). The number of carbonyl (C=O) groups excluding carboxylic acids is 1. The van der Waals surface area contributed by atoms with Crippen LogP contribution in [0.2, 0.25) is 0 Å². The number of nitrogens with one attached hydrogen (secondary N) is 2. The van der Waals surface area contributed by atoms with Gasteiger partial charge < -0.3 is 5.32 Å². The van der Waals surface area contributed by atoms with Crippen molar-refractivity contribution in [2.45, 2.75) is 56.4 Å². The predicted octanol–water partition coefficient (Wildman–Crippen LogP) is 2.65. The normalized spacial score (nSPS) is 17.2. The second kappa shape index (κ2) is 7.04. The van der Waals surface area contributed by atoms with Gasteiger partial charge in [0, 0.05) is 18.7 Å². The minimum absolute atomic E-state index is 0.0347. The van der Waals surface area contributed by atoms with Crippen LogP contribution >= 0.6 is 0 Å². The highest BCUT2D eigenvalue weighted by Crippen LogP contribution is 2.20. The van der Waals surface area contributed by atoms with Crippen LogP contribution in [0.5, 0.6) is 0 Å². The molecule has 0 spiro atoms. The summed E-state index contributed by atoms with van der Waals surface area (Å²) in [5.74, 6) is -0.179. The Balaban J connectivity index is 2.06. The summed E-state index contributed by atoms with van der Waals surface area (Å²) < 4.78 is 27.5. The first-order valence-electron chi connectivity index (χ1n) is 7.37. The van der Waals surface area contributed by atoms with Crippen molar-refractivity contribution in [3.8, 4) is 0 Å². The van der Waals surface area contributed by atoms with Crippen LogP contribution in [0.25, 0.3) is 0 Å². The zero-order valence-corrected chi connectivity index (χ0v) is 13.1. The molecular weight excluding hydrogens is 288 g/mol. The Labute approximate surface area is 126 Å². The number of rotatable bonds is 4. The van der Waals surface area contributed by atoms with Crippen molar-refractivity contribution in [2.75, 3.05) is 5.32 Å². The van der Waals surface area contributed by atoms with Gasteiger partial charge in [-0.3, -0.25) is 4.79 Å². The van der Waals surface area contributed by atoms with Crippen molar-refractivity contribution < 1.29 is 13.2 Å². The molecule has 21 heavy (non-hydrogen) atoms. The van der Waals surface area contributed by atoms with Gasteiger partial charge in [0.05, 0.1) is 4.90 Å². The Kier molecular flexibility index (Phi) is 5.36. The monoisotopic (exact) mass is 310 g/mol. The number of anilines is 1. The number of carbonyl (C=O) groups is 1. The van der Waals surface area contributed by atoms with Crippen molar-refractivity contribution >= 4 is 21.6 Å². The molecule has 0 atom stereocenters. The Morgan fingerprint density at radius 1 is 1.05 bits per heavy atom. The summed E-state index contributed by atoms with van der Waals surface area (Å²) in [6.07, 6.45) is 6.34. The first kappa shape index (κ1) is 16.0. The quantitative estimate of drug-likeness (QED) is 0.840. The molecule has 0 saturated heterocycles. The Bertz CT molecular complexity index is 573. The van der Waals surface area contributed by atoms with E-state index >= 15 is 0 Å². The molecule has 0 aliphatic heterocycles. The first-order valence-corrected chi connectivity index (χ1v) is 8.86. The van der Waals surface area contributed by atoms with E-state index in [0.29, 0.717) is 5.69 Å². The third-order valence-corrected chi connectivity index (χ3v) is 5.20. The maximum absolute atomic E-state index is 12.3. The molecule has 1 aliphatic rings. The largest absolute Gasteiger partial charge is 0.326 e. The lowest BCUT2D eigenvalue weighted by Crippen LogP contribution is -2.34. The molecule has 1 saturated carbocycles. The summed E-state index contributed by atoms with van der Waals surface area (Å²) in [5, 5.41) is 2.62. The van der Waals surface area contributed by atoms with E-state index in [9.17, 15) is 13.2 Å². The van der Waals surface area contributed by atoms with Crippen molar-refractivity contribution in [3.63, 3.8) is 0 Å². The molecule has 0 unspecified atom stereocenters. The van der Waals surface area contributed by atoms with Gasteiger partial charge >= 0.3 is 0 Å². The van der Waals surface area contributed by atoms with Crippen LogP contribution in [0.4, 0.5) is 5.69 Å².